The number of nitrogens with zero attached hydrogens (tertiary/aromatic N) is 1. The summed E-state index contributed by atoms with van der Waals surface area (Å²) < 4.78 is 18.5. The van der Waals surface area contributed by atoms with Gasteiger partial charge in [-0.15, -0.1) is 0 Å². The molecule has 0 bridgehead atoms. The van der Waals surface area contributed by atoms with Crippen LogP contribution in [0.4, 0.5) is 5.69 Å². The maximum absolute atomic E-state index is 6.57. The van der Waals surface area contributed by atoms with Gasteiger partial charge in [-0.3, -0.25) is 0 Å². The summed E-state index contributed by atoms with van der Waals surface area (Å²) in [6.45, 7) is 4.25. The lowest BCUT2D eigenvalue weighted by atomic mass is 9.69. The highest BCUT2D eigenvalue weighted by molar-refractivity contribution is 7.80. The minimum absolute atomic E-state index is 0.00863. The van der Waals surface area contributed by atoms with Crippen molar-refractivity contribution in [3.8, 4) is 11.5 Å². The maximum atomic E-state index is 6.57. The summed E-state index contributed by atoms with van der Waals surface area (Å²) in [4.78, 5) is 2.40. The Bertz CT molecular complexity index is 966. The third-order valence-electron chi connectivity index (χ3n) is 7.17. The fourth-order valence-electron chi connectivity index (χ4n) is 5.67. The van der Waals surface area contributed by atoms with Gasteiger partial charge in [0.25, 0.3) is 5.17 Å². The topological polar surface area (TPSA) is 43.0 Å². The van der Waals surface area contributed by atoms with Crippen LogP contribution in [0.5, 0.6) is 11.5 Å². The average Bonchev–Trinajstić information content (AvgIpc) is 3.12. The van der Waals surface area contributed by atoms with E-state index in [1.165, 1.54) is 11.1 Å². The standard InChI is InChI=1S/C24H28N2O3S/c1-15-19(28-23(30)25-17-7-5-4-6-8-17)13-20-24(15)11-12-26(2)14-16-9-10-18(27-3)22(29-20)21(16)24/h4-10,15,19-20H,11-14H2,1-3H3,(H,25,30)/t15?,19-,20+,24-/m1/s1. The van der Waals surface area contributed by atoms with Crippen LogP contribution in [0.2, 0.25) is 0 Å². The Balaban J connectivity index is 1.45. The predicted octanol–water partition coefficient (Wildman–Crippen LogP) is 4.35. The molecule has 2 aromatic carbocycles. The molecule has 1 spiro atoms. The summed E-state index contributed by atoms with van der Waals surface area (Å²) in [5.74, 6) is 2.04. The Morgan fingerprint density at radius 1 is 1.23 bits per heavy atom. The fraction of sp³-hybridized carbons (Fsp3) is 0.458. The molecule has 158 valence electrons. The van der Waals surface area contributed by atoms with Crippen molar-refractivity contribution in [1.29, 1.82) is 0 Å². The number of hydrogen-bond donors (Lipinski definition) is 1. The number of ether oxygens (including phenoxy) is 3. The van der Waals surface area contributed by atoms with Gasteiger partial charge >= 0.3 is 0 Å². The van der Waals surface area contributed by atoms with E-state index in [1.807, 2.05) is 36.4 Å². The van der Waals surface area contributed by atoms with Crippen LogP contribution in [0.15, 0.2) is 42.5 Å². The second-order valence-corrected chi connectivity index (χ2v) is 9.10. The Labute approximate surface area is 183 Å². The lowest BCUT2D eigenvalue weighted by Crippen LogP contribution is -2.40. The van der Waals surface area contributed by atoms with Gasteiger partial charge in [0.15, 0.2) is 11.5 Å². The number of hydrogen-bond acceptors (Lipinski definition) is 5. The maximum Gasteiger partial charge on any atom is 0.261 e. The minimum atomic E-state index is -0.0724. The van der Waals surface area contributed by atoms with Gasteiger partial charge in [-0.2, -0.15) is 0 Å². The van der Waals surface area contributed by atoms with Gasteiger partial charge in [0.2, 0.25) is 0 Å². The zero-order valence-corrected chi connectivity index (χ0v) is 18.5. The third-order valence-corrected chi connectivity index (χ3v) is 7.37. The number of benzene rings is 2. The molecular weight excluding hydrogens is 396 g/mol. The summed E-state index contributed by atoms with van der Waals surface area (Å²) in [6, 6.07) is 14.2. The smallest absolute Gasteiger partial charge is 0.261 e. The molecule has 3 aliphatic rings. The summed E-state index contributed by atoms with van der Waals surface area (Å²) in [7, 11) is 3.91. The number of methoxy groups -OCH3 is 1. The number of anilines is 1. The Kier molecular flexibility index (Phi) is 4.86. The lowest BCUT2D eigenvalue weighted by Gasteiger charge is -2.34. The normalized spacial score (nSPS) is 29.4. The molecule has 0 aromatic heterocycles. The molecule has 2 aliphatic heterocycles. The summed E-state index contributed by atoms with van der Waals surface area (Å²) >= 11 is 5.53. The molecule has 6 heteroatoms. The van der Waals surface area contributed by atoms with Crippen molar-refractivity contribution >= 4 is 23.1 Å². The SMILES string of the molecule is COc1ccc2c3c1O[C@H]1C[C@@H](OC(=S)Nc4ccccc4)C(C)[C@@]31CCN(C)C2. The zero-order chi connectivity index (χ0) is 20.9. The van der Waals surface area contributed by atoms with Crippen LogP contribution in [0.3, 0.4) is 0 Å². The molecule has 1 N–H and O–H groups in total. The van der Waals surface area contributed by atoms with Gasteiger partial charge in [-0.25, -0.2) is 0 Å². The van der Waals surface area contributed by atoms with Gasteiger partial charge in [-0.05, 0) is 56.0 Å². The highest BCUT2D eigenvalue weighted by atomic mass is 32.1. The van der Waals surface area contributed by atoms with E-state index in [-0.39, 0.29) is 23.5 Å². The lowest BCUT2D eigenvalue weighted by molar-refractivity contribution is 0.123. The van der Waals surface area contributed by atoms with Gasteiger partial charge in [0.1, 0.15) is 12.2 Å². The Morgan fingerprint density at radius 2 is 2.03 bits per heavy atom. The molecule has 2 heterocycles. The fourth-order valence-corrected chi connectivity index (χ4v) is 5.92. The van der Waals surface area contributed by atoms with E-state index in [1.54, 1.807) is 7.11 Å². The van der Waals surface area contributed by atoms with Crippen LogP contribution in [0.1, 0.15) is 30.9 Å². The van der Waals surface area contributed by atoms with Crippen LogP contribution in [0, 0.1) is 5.92 Å². The van der Waals surface area contributed by atoms with Gasteiger partial charge in [0.05, 0.1) is 7.11 Å². The highest BCUT2D eigenvalue weighted by Gasteiger charge is 2.62. The van der Waals surface area contributed by atoms with E-state index in [0.29, 0.717) is 5.17 Å². The van der Waals surface area contributed by atoms with Crippen molar-refractivity contribution in [1.82, 2.24) is 4.90 Å². The number of thiocarbonyl (C=S) groups is 1. The Hall–Kier alpha value is -2.31. The molecule has 0 radical (unpaired) electrons. The molecule has 0 saturated heterocycles. The van der Waals surface area contributed by atoms with Gasteiger partial charge in [-0.1, -0.05) is 31.2 Å². The van der Waals surface area contributed by atoms with Gasteiger partial charge < -0.3 is 24.4 Å². The molecule has 1 aliphatic carbocycles. The van der Waals surface area contributed by atoms with Crippen LogP contribution in [-0.2, 0) is 16.7 Å². The second kappa shape index (κ2) is 7.43. The molecule has 5 nitrogen and oxygen atoms in total. The summed E-state index contributed by atoms with van der Waals surface area (Å²) in [5.41, 5.74) is 3.54. The number of nitrogens with one attached hydrogen (secondary N) is 1. The molecule has 1 saturated carbocycles. The largest absolute Gasteiger partial charge is 0.493 e. The third kappa shape index (κ3) is 2.96. The molecule has 1 fully saturated rings. The van der Waals surface area contributed by atoms with E-state index in [4.69, 9.17) is 26.4 Å². The van der Waals surface area contributed by atoms with E-state index in [9.17, 15) is 0 Å². The molecule has 4 atom stereocenters. The first-order valence-electron chi connectivity index (χ1n) is 10.6. The monoisotopic (exact) mass is 424 g/mol. The summed E-state index contributed by atoms with van der Waals surface area (Å²) in [5, 5.41) is 3.63. The van der Waals surface area contributed by atoms with Crippen LogP contribution < -0.4 is 14.8 Å². The van der Waals surface area contributed by atoms with Crippen LogP contribution in [0.25, 0.3) is 0 Å². The van der Waals surface area contributed by atoms with Crippen molar-refractivity contribution in [3.05, 3.63) is 53.6 Å². The number of para-hydroxylation sites is 1. The van der Waals surface area contributed by atoms with E-state index in [2.05, 4.69) is 30.3 Å². The first-order chi connectivity index (χ1) is 14.5. The molecule has 30 heavy (non-hydrogen) atoms. The van der Waals surface area contributed by atoms with E-state index < -0.39 is 0 Å². The molecule has 0 amide bonds. The van der Waals surface area contributed by atoms with Crippen LogP contribution >= 0.6 is 12.2 Å². The molecule has 1 unspecified atom stereocenters. The first kappa shape index (κ1) is 19.6. The summed E-state index contributed by atoms with van der Waals surface area (Å²) in [6.07, 6.45) is 1.95. The predicted molar refractivity (Wildman–Crippen MR) is 121 cm³/mol. The second-order valence-electron chi connectivity index (χ2n) is 8.72. The molecule has 2 aromatic rings. The van der Waals surface area contributed by atoms with Crippen molar-refractivity contribution < 1.29 is 14.2 Å². The van der Waals surface area contributed by atoms with E-state index >= 15 is 0 Å². The van der Waals surface area contributed by atoms with Crippen molar-refractivity contribution in [2.45, 2.75) is 43.9 Å². The zero-order valence-electron chi connectivity index (χ0n) is 17.7. The van der Waals surface area contributed by atoms with Crippen molar-refractivity contribution in [2.24, 2.45) is 5.92 Å². The molecule has 5 rings (SSSR count). The van der Waals surface area contributed by atoms with Crippen LogP contribution in [-0.4, -0.2) is 43.0 Å². The van der Waals surface area contributed by atoms with Crippen molar-refractivity contribution in [3.63, 3.8) is 0 Å². The van der Waals surface area contributed by atoms with Gasteiger partial charge in [0, 0.05) is 35.5 Å². The van der Waals surface area contributed by atoms with E-state index in [0.717, 1.165) is 43.1 Å². The minimum Gasteiger partial charge on any atom is -0.493 e. The molecular formula is C24H28N2O3S. The van der Waals surface area contributed by atoms with Crippen molar-refractivity contribution in [2.75, 3.05) is 26.0 Å². The average molecular weight is 425 g/mol. The first-order valence-corrected chi connectivity index (χ1v) is 11.0. The highest BCUT2D eigenvalue weighted by Crippen LogP contribution is 2.61. The Morgan fingerprint density at radius 3 is 2.80 bits per heavy atom. The number of rotatable bonds is 3. The quantitative estimate of drug-likeness (QED) is 0.739.